The number of amides is 1. The zero-order valence-electron chi connectivity index (χ0n) is 12.3. The first-order valence-electron chi connectivity index (χ1n) is 6.63. The molecule has 4 heteroatoms. The highest BCUT2D eigenvalue weighted by Gasteiger charge is 2.16. The normalized spacial score (nSPS) is 12.0. The van der Waals surface area contributed by atoms with Crippen LogP contribution in [-0.2, 0) is 4.79 Å². The van der Waals surface area contributed by atoms with E-state index in [1.54, 1.807) is 4.90 Å². The van der Waals surface area contributed by atoms with Crippen LogP contribution in [0.25, 0.3) is 0 Å². The van der Waals surface area contributed by atoms with Gasteiger partial charge in [-0.05, 0) is 31.7 Å². The minimum atomic E-state index is -0.00558. The van der Waals surface area contributed by atoms with Crippen molar-refractivity contribution in [2.24, 2.45) is 5.92 Å². The third-order valence-corrected chi connectivity index (χ3v) is 2.99. The van der Waals surface area contributed by atoms with Crippen molar-refractivity contribution in [1.82, 2.24) is 10.2 Å². The summed E-state index contributed by atoms with van der Waals surface area (Å²) in [6.07, 6.45) is 0. The molecule has 1 rings (SSSR count). The number of likely N-dealkylation sites (N-methyl/N-ethyl adjacent to an activating group) is 1. The van der Waals surface area contributed by atoms with E-state index in [0.29, 0.717) is 19.7 Å². The average molecular weight is 264 g/mol. The second-order valence-corrected chi connectivity index (χ2v) is 4.88. The summed E-state index contributed by atoms with van der Waals surface area (Å²) in [4.78, 5) is 13.7. The van der Waals surface area contributed by atoms with Crippen LogP contribution in [0.4, 0.5) is 0 Å². The predicted octanol–water partition coefficient (Wildman–Crippen LogP) is 1.69. The standard InChI is InChI=1S/C15H24N2O2/c1-12-6-5-7-14(10-12)19-9-8-17(4)15(18)13(2)11-16-3/h5-7,10,13,16H,8-9,11H2,1-4H3. The summed E-state index contributed by atoms with van der Waals surface area (Å²) in [5.41, 5.74) is 1.17. The largest absolute Gasteiger partial charge is 0.492 e. The quantitative estimate of drug-likeness (QED) is 0.815. The molecule has 1 unspecified atom stereocenters. The van der Waals surface area contributed by atoms with E-state index in [2.05, 4.69) is 5.32 Å². The van der Waals surface area contributed by atoms with Crippen LogP contribution in [-0.4, -0.2) is 44.6 Å². The SMILES string of the molecule is CNCC(C)C(=O)N(C)CCOc1cccc(C)c1. The van der Waals surface area contributed by atoms with Gasteiger partial charge >= 0.3 is 0 Å². The molecule has 0 aromatic heterocycles. The molecule has 1 N–H and O–H groups in total. The number of rotatable bonds is 7. The van der Waals surface area contributed by atoms with Gasteiger partial charge in [0.15, 0.2) is 0 Å². The maximum Gasteiger partial charge on any atom is 0.226 e. The Labute approximate surface area is 115 Å². The number of aryl methyl sites for hydroxylation is 1. The van der Waals surface area contributed by atoms with E-state index in [1.165, 1.54) is 5.56 Å². The predicted molar refractivity (Wildman–Crippen MR) is 77.4 cm³/mol. The molecule has 0 heterocycles. The molecule has 1 amide bonds. The first-order valence-corrected chi connectivity index (χ1v) is 6.63. The maximum absolute atomic E-state index is 12.0. The molecule has 0 aliphatic rings. The maximum atomic E-state index is 12.0. The van der Waals surface area contributed by atoms with E-state index >= 15 is 0 Å². The van der Waals surface area contributed by atoms with Gasteiger partial charge in [0, 0.05) is 19.5 Å². The fourth-order valence-electron chi connectivity index (χ4n) is 1.89. The van der Waals surface area contributed by atoms with Gasteiger partial charge in [-0.25, -0.2) is 0 Å². The number of benzene rings is 1. The van der Waals surface area contributed by atoms with Gasteiger partial charge in [0.05, 0.1) is 6.54 Å². The minimum Gasteiger partial charge on any atom is -0.492 e. The van der Waals surface area contributed by atoms with Crippen molar-refractivity contribution >= 4 is 5.91 Å². The number of carbonyl (C=O) groups excluding carboxylic acids is 1. The lowest BCUT2D eigenvalue weighted by Crippen LogP contribution is -2.38. The highest BCUT2D eigenvalue weighted by molar-refractivity contribution is 5.78. The smallest absolute Gasteiger partial charge is 0.226 e. The molecular formula is C15H24N2O2. The summed E-state index contributed by atoms with van der Waals surface area (Å²) in [6, 6.07) is 7.92. The van der Waals surface area contributed by atoms with Crippen LogP contribution in [0.3, 0.4) is 0 Å². The van der Waals surface area contributed by atoms with Gasteiger partial charge in [-0.2, -0.15) is 0 Å². The number of carbonyl (C=O) groups is 1. The molecule has 0 spiro atoms. The average Bonchev–Trinajstić information content (AvgIpc) is 2.38. The lowest BCUT2D eigenvalue weighted by molar-refractivity contribution is -0.133. The van der Waals surface area contributed by atoms with Crippen molar-refractivity contribution in [3.05, 3.63) is 29.8 Å². The second kappa shape index (κ2) is 7.79. The van der Waals surface area contributed by atoms with E-state index in [1.807, 2.05) is 52.2 Å². The molecule has 0 radical (unpaired) electrons. The molecule has 4 nitrogen and oxygen atoms in total. The van der Waals surface area contributed by atoms with Gasteiger partial charge in [0.2, 0.25) is 5.91 Å². The fraction of sp³-hybridized carbons (Fsp3) is 0.533. The van der Waals surface area contributed by atoms with Gasteiger partial charge in [-0.1, -0.05) is 19.1 Å². The number of hydrogen-bond donors (Lipinski definition) is 1. The summed E-state index contributed by atoms with van der Waals surface area (Å²) in [5, 5.41) is 3.01. The van der Waals surface area contributed by atoms with Crippen molar-refractivity contribution in [2.75, 3.05) is 33.8 Å². The van der Waals surface area contributed by atoms with Crippen LogP contribution in [0.5, 0.6) is 5.75 Å². The van der Waals surface area contributed by atoms with Crippen LogP contribution >= 0.6 is 0 Å². The molecule has 0 aliphatic carbocycles. The Hall–Kier alpha value is -1.55. The minimum absolute atomic E-state index is 0.00558. The first-order chi connectivity index (χ1) is 9.04. The molecule has 1 atom stereocenters. The Morgan fingerprint density at radius 1 is 1.47 bits per heavy atom. The lowest BCUT2D eigenvalue weighted by Gasteiger charge is -2.21. The van der Waals surface area contributed by atoms with Gasteiger partial charge < -0.3 is 15.0 Å². The third-order valence-electron chi connectivity index (χ3n) is 2.99. The highest BCUT2D eigenvalue weighted by Crippen LogP contribution is 2.12. The molecular weight excluding hydrogens is 240 g/mol. The van der Waals surface area contributed by atoms with Crippen LogP contribution in [0, 0.1) is 12.8 Å². The summed E-state index contributed by atoms with van der Waals surface area (Å²) in [5.74, 6) is 0.986. The number of ether oxygens (including phenoxy) is 1. The Kier molecular flexibility index (Phi) is 6.36. The van der Waals surface area contributed by atoms with Crippen LogP contribution < -0.4 is 10.1 Å². The summed E-state index contributed by atoms with van der Waals surface area (Å²) < 4.78 is 5.64. The number of nitrogens with one attached hydrogen (secondary N) is 1. The van der Waals surface area contributed by atoms with E-state index in [4.69, 9.17) is 4.74 Å². The third kappa shape index (κ3) is 5.30. The molecule has 0 aliphatic heterocycles. The highest BCUT2D eigenvalue weighted by atomic mass is 16.5. The van der Waals surface area contributed by atoms with Crippen LogP contribution in [0.2, 0.25) is 0 Å². The van der Waals surface area contributed by atoms with Crippen LogP contribution in [0.15, 0.2) is 24.3 Å². The van der Waals surface area contributed by atoms with Gasteiger partial charge in [0.1, 0.15) is 12.4 Å². The molecule has 0 saturated carbocycles. The Morgan fingerprint density at radius 3 is 2.84 bits per heavy atom. The molecule has 0 saturated heterocycles. The van der Waals surface area contributed by atoms with Crippen molar-refractivity contribution in [3.8, 4) is 5.75 Å². The Balaban J connectivity index is 2.34. The van der Waals surface area contributed by atoms with Crippen molar-refractivity contribution in [2.45, 2.75) is 13.8 Å². The Bertz CT molecular complexity index is 407. The summed E-state index contributed by atoms with van der Waals surface area (Å²) in [6.45, 7) is 5.76. The van der Waals surface area contributed by atoms with E-state index < -0.39 is 0 Å². The van der Waals surface area contributed by atoms with Crippen molar-refractivity contribution < 1.29 is 9.53 Å². The fourth-order valence-corrected chi connectivity index (χ4v) is 1.89. The molecule has 0 fully saturated rings. The summed E-state index contributed by atoms with van der Waals surface area (Å²) in [7, 11) is 3.67. The second-order valence-electron chi connectivity index (χ2n) is 4.88. The van der Waals surface area contributed by atoms with Gasteiger partial charge in [-0.3, -0.25) is 4.79 Å². The monoisotopic (exact) mass is 264 g/mol. The zero-order valence-corrected chi connectivity index (χ0v) is 12.3. The van der Waals surface area contributed by atoms with E-state index in [0.717, 1.165) is 5.75 Å². The zero-order chi connectivity index (χ0) is 14.3. The topological polar surface area (TPSA) is 41.6 Å². The van der Waals surface area contributed by atoms with Gasteiger partial charge in [-0.15, -0.1) is 0 Å². The van der Waals surface area contributed by atoms with Crippen molar-refractivity contribution in [3.63, 3.8) is 0 Å². The molecule has 1 aromatic rings. The molecule has 0 bridgehead atoms. The number of nitrogens with zero attached hydrogens (tertiary/aromatic N) is 1. The van der Waals surface area contributed by atoms with Crippen molar-refractivity contribution in [1.29, 1.82) is 0 Å². The molecule has 106 valence electrons. The Morgan fingerprint density at radius 2 is 2.21 bits per heavy atom. The molecule has 1 aromatic carbocycles. The number of hydrogen-bond acceptors (Lipinski definition) is 3. The van der Waals surface area contributed by atoms with Crippen LogP contribution in [0.1, 0.15) is 12.5 Å². The van der Waals surface area contributed by atoms with E-state index in [9.17, 15) is 4.79 Å². The van der Waals surface area contributed by atoms with E-state index in [-0.39, 0.29) is 11.8 Å². The summed E-state index contributed by atoms with van der Waals surface area (Å²) >= 11 is 0. The first kappa shape index (κ1) is 15.5. The van der Waals surface area contributed by atoms with Gasteiger partial charge in [0.25, 0.3) is 0 Å². The lowest BCUT2D eigenvalue weighted by atomic mass is 10.1. The molecule has 19 heavy (non-hydrogen) atoms.